The molecule has 0 bridgehead atoms. The topological polar surface area (TPSA) is 102 Å². The van der Waals surface area contributed by atoms with Crippen LogP contribution >= 0.6 is 0 Å². The molecule has 2 N–H and O–H groups in total. The molecule has 0 aliphatic heterocycles. The molecule has 0 fully saturated rings. The van der Waals surface area contributed by atoms with Crippen LogP contribution in [0.2, 0.25) is 0 Å². The van der Waals surface area contributed by atoms with Gasteiger partial charge in [0.1, 0.15) is 5.75 Å². The molecule has 19 heavy (non-hydrogen) atoms. The quantitative estimate of drug-likeness (QED) is 0.426. The zero-order valence-electron chi connectivity index (χ0n) is 10.6. The molecular formula is C12H16N2O5. The third-order valence-corrected chi connectivity index (χ3v) is 2.48. The Bertz CT molecular complexity index is 461. The Labute approximate surface area is 110 Å². The van der Waals surface area contributed by atoms with E-state index < -0.39 is 10.9 Å². The van der Waals surface area contributed by atoms with Gasteiger partial charge in [0.2, 0.25) is 0 Å². The number of unbranched alkanes of at least 4 members (excludes halogenated alkanes) is 1. The number of carboxylic acids is 1. The molecule has 0 aromatic heterocycles. The van der Waals surface area contributed by atoms with Gasteiger partial charge < -0.3 is 15.2 Å². The summed E-state index contributed by atoms with van der Waals surface area (Å²) >= 11 is 0. The highest BCUT2D eigenvalue weighted by Gasteiger charge is 2.09. The number of carbonyl (C=O) groups is 1. The number of hydrogen-bond acceptors (Lipinski definition) is 5. The van der Waals surface area contributed by atoms with Crippen LogP contribution in [-0.2, 0) is 4.79 Å². The van der Waals surface area contributed by atoms with Gasteiger partial charge in [0.05, 0.1) is 18.1 Å². The van der Waals surface area contributed by atoms with E-state index in [4.69, 9.17) is 9.84 Å². The number of ether oxygens (including phenoxy) is 1. The van der Waals surface area contributed by atoms with Gasteiger partial charge in [-0.1, -0.05) is 0 Å². The Hall–Kier alpha value is -2.31. The van der Waals surface area contributed by atoms with Gasteiger partial charge in [-0.2, -0.15) is 0 Å². The Morgan fingerprint density at radius 1 is 1.42 bits per heavy atom. The van der Waals surface area contributed by atoms with Crippen LogP contribution in [0.4, 0.5) is 11.4 Å². The monoisotopic (exact) mass is 268 g/mol. The first kappa shape index (κ1) is 14.7. The summed E-state index contributed by atoms with van der Waals surface area (Å²) in [7, 11) is 1.44. The molecule has 7 nitrogen and oxygen atoms in total. The molecule has 1 rings (SSSR count). The number of nitro benzene ring substituents is 1. The molecule has 0 atom stereocenters. The molecule has 0 heterocycles. The van der Waals surface area contributed by atoms with E-state index >= 15 is 0 Å². The van der Waals surface area contributed by atoms with Crippen molar-refractivity contribution in [2.75, 3.05) is 19.0 Å². The van der Waals surface area contributed by atoms with Crippen molar-refractivity contribution in [3.63, 3.8) is 0 Å². The number of nitro groups is 1. The number of anilines is 1. The molecule has 1 aromatic rings. The fourth-order valence-corrected chi connectivity index (χ4v) is 1.54. The summed E-state index contributed by atoms with van der Waals surface area (Å²) in [6.45, 7) is 0.553. The normalized spacial score (nSPS) is 9.95. The van der Waals surface area contributed by atoms with Crippen molar-refractivity contribution in [3.8, 4) is 5.75 Å². The van der Waals surface area contributed by atoms with Gasteiger partial charge in [0.25, 0.3) is 5.69 Å². The predicted octanol–water partition coefficient (Wildman–Crippen LogP) is 2.27. The van der Waals surface area contributed by atoms with Crippen molar-refractivity contribution < 1.29 is 19.6 Å². The zero-order valence-corrected chi connectivity index (χ0v) is 10.6. The van der Waals surface area contributed by atoms with E-state index in [1.54, 1.807) is 6.07 Å². The van der Waals surface area contributed by atoms with E-state index in [0.29, 0.717) is 30.8 Å². The number of carboxylic acid groups (broad SMARTS) is 1. The second-order valence-corrected chi connectivity index (χ2v) is 3.95. The number of hydrogen-bond donors (Lipinski definition) is 2. The molecule has 0 unspecified atom stereocenters. The molecule has 0 radical (unpaired) electrons. The first-order valence-corrected chi connectivity index (χ1v) is 5.82. The van der Waals surface area contributed by atoms with Crippen LogP contribution in [0.3, 0.4) is 0 Å². The molecular weight excluding hydrogens is 252 g/mol. The highest BCUT2D eigenvalue weighted by molar-refractivity contribution is 5.66. The number of nitrogens with zero attached hydrogens (tertiary/aromatic N) is 1. The number of methoxy groups -OCH3 is 1. The van der Waals surface area contributed by atoms with Gasteiger partial charge in [-0.05, 0) is 12.8 Å². The number of non-ortho nitro benzene ring substituents is 1. The summed E-state index contributed by atoms with van der Waals surface area (Å²) in [4.78, 5) is 20.6. The van der Waals surface area contributed by atoms with Crippen molar-refractivity contribution in [2.24, 2.45) is 0 Å². The summed E-state index contributed by atoms with van der Waals surface area (Å²) in [5.41, 5.74) is 0.536. The summed E-state index contributed by atoms with van der Waals surface area (Å²) < 4.78 is 4.98. The van der Waals surface area contributed by atoms with Gasteiger partial charge in [-0.25, -0.2) is 0 Å². The summed E-state index contributed by atoms with van der Waals surface area (Å²) in [5.74, 6) is -0.417. The third kappa shape index (κ3) is 5.24. The highest BCUT2D eigenvalue weighted by atomic mass is 16.6. The highest BCUT2D eigenvalue weighted by Crippen LogP contribution is 2.25. The fourth-order valence-electron chi connectivity index (χ4n) is 1.54. The molecule has 0 spiro atoms. The largest absolute Gasteiger partial charge is 0.496 e. The maximum absolute atomic E-state index is 10.7. The van der Waals surface area contributed by atoms with Gasteiger partial charge in [0, 0.05) is 30.8 Å². The van der Waals surface area contributed by atoms with Crippen LogP contribution in [0, 0.1) is 10.1 Å². The van der Waals surface area contributed by atoms with Crippen LogP contribution in [0.15, 0.2) is 18.2 Å². The van der Waals surface area contributed by atoms with Crippen molar-refractivity contribution in [3.05, 3.63) is 28.3 Å². The minimum Gasteiger partial charge on any atom is -0.496 e. The molecule has 0 saturated carbocycles. The second kappa shape index (κ2) is 7.20. The molecule has 0 amide bonds. The lowest BCUT2D eigenvalue weighted by Gasteiger charge is -2.08. The number of aliphatic carboxylic acids is 1. The molecule has 0 aliphatic carbocycles. The summed E-state index contributed by atoms with van der Waals surface area (Å²) in [6, 6.07) is 4.42. The number of rotatable bonds is 8. The lowest BCUT2D eigenvalue weighted by Crippen LogP contribution is -2.04. The third-order valence-electron chi connectivity index (χ3n) is 2.48. The lowest BCUT2D eigenvalue weighted by molar-refractivity contribution is -0.384. The number of nitrogens with one attached hydrogen (secondary N) is 1. The van der Waals surface area contributed by atoms with Crippen LogP contribution in [0.5, 0.6) is 5.75 Å². The molecule has 0 aliphatic rings. The maximum Gasteiger partial charge on any atom is 0.303 e. The predicted molar refractivity (Wildman–Crippen MR) is 69.6 cm³/mol. The van der Waals surface area contributed by atoms with E-state index in [2.05, 4.69) is 5.32 Å². The van der Waals surface area contributed by atoms with E-state index in [1.165, 1.54) is 19.2 Å². The molecule has 0 saturated heterocycles. The van der Waals surface area contributed by atoms with Crippen molar-refractivity contribution >= 4 is 17.3 Å². The standard InChI is InChI=1S/C12H16N2O5/c1-19-11-7-9(6-10(8-11)14(17)18)13-5-3-2-4-12(15)16/h6-8,13H,2-5H2,1H3,(H,15,16). The van der Waals surface area contributed by atoms with Crippen molar-refractivity contribution in [1.82, 2.24) is 0 Å². The molecule has 104 valence electrons. The Balaban J connectivity index is 2.55. The van der Waals surface area contributed by atoms with Crippen LogP contribution in [0.1, 0.15) is 19.3 Å². The minimum absolute atomic E-state index is 0.0487. The van der Waals surface area contributed by atoms with Gasteiger partial charge in [-0.3, -0.25) is 14.9 Å². The van der Waals surface area contributed by atoms with Gasteiger partial charge in [0.15, 0.2) is 0 Å². The average molecular weight is 268 g/mol. The average Bonchev–Trinajstić information content (AvgIpc) is 2.37. The van der Waals surface area contributed by atoms with Crippen molar-refractivity contribution in [1.29, 1.82) is 0 Å². The van der Waals surface area contributed by atoms with Crippen LogP contribution in [0.25, 0.3) is 0 Å². The SMILES string of the molecule is COc1cc(NCCCCC(=O)O)cc([N+](=O)[O-])c1. The molecule has 7 heteroatoms. The maximum atomic E-state index is 10.7. The fraction of sp³-hybridized carbons (Fsp3) is 0.417. The molecule has 1 aromatic carbocycles. The van der Waals surface area contributed by atoms with E-state index in [0.717, 1.165) is 0 Å². The first-order chi connectivity index (χ1) is 9.02. The van der Waals surface area contributed by atoms with E-state index in [1.807, 2.05) is 0 Å². The van der Waals surface area contributed by atoms with Crippen LogP contribution in [-0.4, -0.2) is 29.7 Å². The van der Waals surface area contributed by atoms with Crippen molar-refractivity contribution in [2.45, 2.75) is 19.3 Å². The zero-order chi connectivity index (χ0) is 14.3. The van der Waals surface area contributed by atoms with Gasteiger partial charge >= 0.3 is 5.97 Å². The first-order valence-electron chi connectivity index (χ1n) is 5.82. The Kier molecular flexibility index (Phi) is 5.59. The smallest absolute Gasteiger partial charge is 0.303 e. The number of benzene rings is 1. The minimum atomic E-state index is -0.822. The second-order valence-electron chi connectivity index (χ2n) is 3.95. The van der Waals surface area contributed by atoms with Crippen LogP contribution < -0.4 is 10.1 Å². The Morgan fingerprint density at radius 2 is 2.16 bits per heavy atom. The lowest BCUT2D eigenvalue weighted by atomic mass is 10.2. The van der Waals surface area contributed by atoms with Gasteiger partial charge in [-0.15, -0.1) is 0 Å². The van der Waals surface area contributed by atoms with E-state index in [9.17, 15) is 14.9 Å². The van der Waals surface area contributed by atoms with E-state index in [-0.39, 0.29) is 12.1 Å². The Morgan fingerprint density at radius 3 is 2.74 bits per heavy atom. The summed E-state index contributed by atoms with van der Waals surface area (Å²) in [5, 5.41) is 22.2. The summed E-state index contributed by atoms with van der Waals surface area (Å²) in [6.07, 6.45) is 1.37.